The van der Waals surface area contributed by atoms with Crippen molar-refractivity contribution in [1.82, 2.24) is 0 Å². The van der Waals surface area contributed by atoms with Gasteiger partial charge in [0.15, 0.2) is 0 Å². The topological polar surface area (TPSA) is 26.3 Å². The molecule has 84 valence electrons. The maximum atomic E-state index is 10.9. The van der Waals surface area contributed by atoms with Crippen molar-refractivity contribution < 1.29 is 9.53 Å². The van der Waals surface area contributed by atoms with E-state index in [0.29, 0.717) is 12.3 Å². The van der Waals surface area contributed by atoms with Crippen LogP contribution in [0.1, 0.15) is 47.0 Å². The fourth-order valence-electron chi connectivity index (χ4n) is 1.65. The summed E-state index contributed by atoms with van der Waals surface area (Å²) < 4.78 is 5.09. The fraction of sp³-hybridized carbons (Fsp3) is 0.917. The van der Waals surface area contributed by atoms with E-state index in [9.17, 15) is 4.79 Å². The van der Waals surface area contributed by atoms with Crippen LogP contribution in [0.4, 0.5) is 0 Å². The van der Waals surface area contributed by atoms with Crippen molar-refractivity contribution in [3.63, 3.8) is 0 Å². The summed E-state index contributed by atoms with van der Waals surface area (Å²) in [4.78, 5) is 10.9. The molecule has 0 N–H and O–H groups in total. The first kappa shape index (κ1) is 13.6. The van der Waals surface area contributed by atoms with Gasteiger partial charge in [0.05, 0.1) is 0 Å². The van der Waals surface area contributed by atoms with Gasteiger partial charge in [-0.05, 0) is 31.1 Å². The van der Waals surface area contributed by atoms with Crippen LogP contribution in [-0.2, 0) is 9.53 Å². The van der Waals surface area contributed by atoms with E-state index in [0.717, 1.165) is 19.4 Å². The number of rotatable bonds is 6. The average Bonchev–Trinajstić information content (AvgIpc) is 2.01. The monoisotopic (exact) mass is 200 g/mol. The first-order valence-electron chi connectivity index (χ1n) is 5.36. The Bertz CT molecular complexity index is 168. The molecule has 1 unspecified atom stereocenters. The van der Waals surface area contributed by atoms with Crippen LogP contribution in [0, 0.1) is 11.3 Å². The molecule has 2 heteroatoms. The first-order chi connectivity index (χ1) is 6.38. The maximum Gasteiger partial charge on any atom is 0.129 e. The van der Waals surface area contributed by atoms with E-state index < -0.39 is 0 Å². The molecule has 0 radical (unpaired) electrons. The second-order valence-electron chi connectivity index (χ2n) is 5.09. The Balaban J connectivity index is 4.04. The first-order valence-corrected chi connectivity index (χ1v) is 5.36. The van der Waals surface area contributed by atoms with Gasteiger partial charge in [0, 0.05) is 20.1 Å². The summed E-state index contributed by atoms with van der Waals surface area (Å²) in [5.41, 5.74) is 0.272. The Hall–Kier alpha value is -0.370. The summed E-state index contributed by atoms with van der Waals surface area (Å²) in [7, 11) is 1.73. The van der Waals surface area contributed by atoms with Crippen LogP contribution < -0.4 is 0 Å². The van der Waals surface area contributed by atoms with Crippen molar-refractivity contribution in [2.24, 2.45) is 11.3 Å². The van der Waals surface area contributed by atoms with Gasteiger partial charge in [0.2, 0.25) is 0 Å². The van der Waals surface area contributed by atoms with E-state index in [1.807, 2.05) is 0 Å². The van der Waals surface area contributed by atoms with Crippen molar-refractivity contribution in [3.05, 3.63) is 0 Å². The molecular formula is C12H24O2. The zero-order chi connectivity index (χ0) is 11.2. The summed E-state index contributed by atoms with van der Waals surface area (Å²) in [5, 5.41) is 0. The second kappa shape index (κ2) is 6.18. The minimum Gasteiger partial charge on any atom is -0.385 e. The summed E-state index contributed by atoms with van der Waals surface area (Å²) >= 11 is 0. The van der Waals surface area contributed by atoms with E-state index in [1.165, 1.54) is 0 Å². The lowest BCUT2D eigenvalue weighted by atomic mass is 9.76. The van der Waals surface area contributed by atoms with Gasteiger partial charge in [-0.1, -0.05) is 20.8 Å². The van der Waals surface area contributed by atoms with Crippen LogP contribution in [0.2, 0.25) is 0 Å². The normalized spacial score (nSPS) is 14.1. The Morgan fingerprint density at radius 1 is 1.29 bits per heavy atom. The Labute approximate surface area is 88.0 Å². The van der Waals surface area contributed by atoms with E-state index in [2.05, 4.69) is 20.8 Å². The lowest BCUT2D eigenvalue weighted by Crippen LogP contribution is -2.22. The van der Waals surface area contributed by atoms with E-state index in [-0.39, 0.29) is 11.2 Å². The molecule has 0 aliphatic carbocycles. The van der Waals surface area contributed by atoms with Crippen LogP contribution in [0.15, 0.2) is 0 Å². The highest BCUT2D eigenvalue weighted by Gasteiger charge is 2.24. The highest BCUT2D eigenvalue weighted by atomic mass is 16.5. The number of carbonyl (C=O) groups excluding carboxylic acids is 1. The third-order valence-corrected chi connectivity index (χ3v) is 2.74. The van der Waals surface area contributed by atoms with E-state index in [1.54, 1.807) is 14.0 Å². The SMILES string of the molecule is COCCC(CCC(C)=O)C(C)(C)C. The molecule has 14 heavy (non-hydrogen) atoms. The lowest BCUT2D eigenvalue weighted by Gasteiger charge is -2.30. The molecule has 0 spiro atoms. The van der Waals surface area contributed by atoms with Gasteiger partial charge >= 0.3 is 0 Å². The minimum atomic E-state index is 0.272. The molecular weight excluding hydrogens is 176 g/mol. The van der Waals surface area contributed by atoms with Crippen LogP contribution >= 0.6 is 0 Å². The number of ether oxygens (including phenoxy) is 1. The largest absolute Gasteiger partial charge is 0.385 e. The molecule has 0 heterocycles. The van der Waals surface area contributed by atoms with Crippen LogP contribution in [0.5, 0.6) is 0 Å². The van der Waals surface area contributed by atoms with Gasteiger partial charge in [0.1, 0.15) is 5.78 Å². The molecule has 0 saturated carbocycles. The molecule has 0 amide bonds. The van der Waals surface area contributed by atoms with Crippen LogP contribution in [0.3, 0.4) is 0 Å². The van der Waals surface area contributed by atoms with Crippen molar-refractivity contribution >= 4 is 5.78 Å². The minimum absolute atomic E-state index is 0.272. The van der Waals surface area contributed by atoms with Gasteiger partial charge in [-0.25, -0.2) is 0 Å². The van der Waals surface area contributed by atoms with Crippen molar-refractivity contribution in [3.8, 4) is 0 Å². The van der Waals surface area contributed by atoms with Crippen molar-refractivity contribution in [2.45, 2.75) is 47.0 Å². The zero-order valence-corrected chi connectivity index (χ0v) is 10.2. The van der Waals surface area contributed by atoms with Crippen molar-refractivity contribution in [2.75, 3.05) is 13.7 Å². The van der Waals surface area contributed by atoms with Gasteiger partial charge in [-0.3, -0.25) is 0 Å². The molecule has 0 saturated heterocycles. The summed E-state index contributed by atoms with van der Waals surface area (Å²) in [6.07, 6.45) is 2.74. The quantitative estimate of drug-likeness (QED) is 0.658. The standard InChI is InChI=1S/C12H24O2/c1-10(13)6-7-11(8-9-14-5)12(2,3)4/h11H,6-9H2,1-5H3. The van der Waals surface area contributed by atoms with E-state index in [4.69, 9.17) is 4.74 Å². The Morgan fingerprint density at radius 3 is 2.21 bits per heavy atom. The third-order valence-electron chi connectivity index (χ3n) is 2.74. The number of methoxy groups -OCH3 is 1. The molecule has 2 nitrogen and oxygen atoms in total. The number of Topliss-reactive ketones (excluding diaryl/α,β-unsaturated/α-hetero) is 1. The van der Waals surface area contributed by atoms with E-state index >= 15 is 0 Å². The Kier molecular flexibility index (Phi) is 6.01. The predicted octanol–water partition coefficient (Wildman–Crippen LogP) is 3.05. The molecule has 0 aromatic rings. The van der Waals surface area contributed by atoms with Gasteiger partial charge in [-0.2, -0.15) is 0 Å². The predicted molar refractivity (Wildman–Crippen MR) is 59.4 cm³/mol. The van der Waals surface area contributed by atoms with Gasteiger partial charge in [0.25, 0.3) is 0 Å². The van der Waals surface area contributed by atoms with Crippen molar-refractivity contribution in [1.29, 1.82) is 0 Å². The number of ketones is 1. The second-order valence-corrected chi connectivity index (χ2v) is 5.09. The molecule has 0 fully saturated rings. The molecule has 1 atom stereocenters. The summed E-state index contributed by atoms with van der Waals surface area (Å²) in [6.45, 7) is 9.14. The zero-order valence-electron chi connectivity index (χ0n) is 10.2. The molecule has 0 aromatic heterocycles. The molecule has 0 aromatic carbocycles. The number of carbonyl (C=O) groups is 1. The molecule has 0 bridgehead atoms. The highest BCUT2D eigenvalue weighted by molar-refractivity contribution is 5.75. The lowest BCUT2D eigenvalue weighted by molar-refractivity contribution is -0.117. The Morgan fingerprint density at radius 2 is 1.86 bits per heavy atom. The van der Waals surface area contributed by atoms with Crippen LogP contribution in [0.25, 0.3) is 0 Å². The molecule has 0 aliphatic heterocycles. The summed E-state index contributed by atoms with van der Waals surface area (Å²) in [5.74, 6) is 0.864. The molecule has 0 rings (SSSR count). The third kappa shape index (κ3) is 6.14. The number of hydrogen-bond acceptors (Lipinski definition) is 2. The summed E-state index contributed by atoms with van der Waals surface area (Å²) in [6, 6.07) is 0. The fourth-order valence-corrected chi connectivity index (χ4v) is 1.65. The van der Waals surface area contributed by atoms with Crippen LogP contribution in [-0.4, -0.2) is 19.5 Å². The van der Waals surface area contributed by atoms with Gasteiger partial charge in [-0.15, -0.1) is 0 Å². The molecule has 0 aliphatic rings. The number of hydrogen-bond donors (Lipinski definition) is 0. The van der Waals surface area contributed by atoms with Gasteiger partial charge < -0.3 is 9.53 Å². The average molecular weight is 200 g/mol. The highest BCUT2D eigenvalue weighted by Crippen LogP contribution is 2.32. The maximum absolute atomic E-state index is 10.9. The smallest absolute Gasteiger partial charge is 0.129 e.